The second kappa shape index (κ2) is 9.24. The van der Waals surface area contributed by atoms with E-state index in [9.17, 15) is 34.5 Å². The Kier molecular flexibility index (Phi) is 6.02. The third-order valence-electron chi connectivity index (χ3n) is 6.39. The predicted molar refractivity (Wildman–Crippen MR) is 131 cm³/mol. The standard InChI is InChI=1S/C27H20O12/c1-10(28)38-16-7-13-6-11(21(29)24(32)18(13)27(34)39-16)4-5-12-9-37-26-17(12)23(31)19-14(35-2)8-15(36-3)22(30)20(19)25(26)33/h6-9,29-30,32H,4-5H2,1-3H3. The topological polar surface area (TPSA) is 183 Å². The van der Waals surface area contributed by atoms with Gasteiger partial charge in [-0.3, -0.25) is 14.4 Å². The highest BCUT2D eigenvalue weighted by atomic mass is 16.6. The van der Waals surface area contributed by atoms with E-state index in [-0.39, 0.29) is 63.1 Å². The van der Waals surface area contributed by atoms with E-state index < -0.39 is 46.4 Å². The molecule has 0 amide bonds. The van der Waals surface area contributed by atoms with Crippen LogP contribution in [0.1, 0.15) is 50.1 Å². The SMILES string of the molecule is COc1cc(OC)c2c(c1O)C(=O)c1occ(CCc3cc4cc(OC(C)=O)oc(=O)c4c(O)c3O)c1C2=O. The lowest BCUT2D eigenvalue weighted by Crippen LogP contribution is -2.22. The van der Waals surface area contributed by atoms with E-state index in [4.69, 9.17) is 23.0 Å². The van der Waals surface area contributed by atoms with Crippen LogP contribution in [0.15, 0.2) is 38.1 Å². The van der Waals surface area contributed by atoms with E-state index in [2.05, 4.69) is 0 Å². The zero-order valence-electron chi connectivity index (χ0n) is 20.7. The lowest BCUT2D eigenvalue weighted by molar-refractivity contribution is -0.133. The molecule has 0 radical (unpaired) electrons. The smallest absolute Gasteiger partial charge is 0.350 e. The van der Waals surface area contributed by atoms with Crippen molar-refractivity contribution in [2.24, 2.45) is 0 Å². The first-order chi connectivity index (χ1) is 18.6. The van der Waals surface area contributed by atoms with E-state index in [1.165, 1.54) is 38.7 Å². The van der Waals surface area contributed by atoms with Gasteiger partial charge in [0.15, 0.2) is 28.8 Å². The van der Waals surface area contributed by atoms with Gasteiger partial charge in [-0.15, -0.1) is 0 Å². The number of esters is 1. The number of phenolic OH excluding ortho intramolecular Hbond substituents is 3. The van der Waals surface area contributed by atoms with E-state index in [1.807, 2.05) is 0 Å². The molecule has 12 heteroatoms. The van der Waals surface area contributed by atoms with Gasteiger partial charge >= 0.3 is 11.6 Å². The Labute approximate surface area is 218 Å². The fourth-order valence-electron chi connectivity index (χ4n) is 4.63. The summed E-state index contributed by atoms with van der Waals surface area (Å²) in [7, 11) is 2.59. The summed E-state index contributed by atoms with van der Waals surface area (Å²) >= 11 is 0. The van der Waals surface area contributed by atoms with Crippen molar-refractivity contribution < 1.29 is 52.7 Å². The highest BCUT2D eigenvalue weighted by molar-refractivity contribution is 6.30. The van der Waals surface area contributed by atoms with Crippen molar-refractivity contribution in [3.8, 4) is 34.7 Å². The first kappa shape index (κ1) is 25.4. The summed E-state index contributed by atoms with van der Waals surface area (Å²) in [6, 6.07) is 3.91. The third kappa shape index (κ3) is 3.93. The second-order valence-electron chi connectivity index (χ2n) is 8.65. The van der Waals surface area contributed by atoms with Crippen molar-refractivity contribution in [2.75, 3.05) is 14.2 Å². The molecule has 39 heavy (non-hydrogen) atoms. The largest absolute Gasteiger partial charge is 0.504 e. The molecule has 0 spiro atoms. The first-order valence-electron chi connectivity index (χ1n) is 11.4. The molecule has 2 aromatic carbocycles. The van der Waals surface area contributed by atoms with Gasteiger partial charge in [-0.05, 0) is 24.5 Å². The van der Waals surface area contributed by atoms with E-state index in [1.54, 1.807) is 0 Å². The van der Waals surface area contributed by atoms with E-state index in [0.29, 0.717) is 5.56 Å². The fraction of sp³-hybridized carbons (Fsp3) is 0.185. The second-order valence-corrected chi connectivity index (χ2v) is 8.65. The fourth-order valence-corrected chi connectivity index (χ4v) is 4.63. The maximum absolute atomic E-state index is 13.5. The summed E-state index contributed by atoms with van der Waals surface area (Å²) in [6.07, 6.45) is 1.32. The van der Waals surface area contributed by atoms with Crippen LogP contribution in [0.25, 0.3) is 10.8 Å². The van der Waals surface area contributed by atoms with Crippen LogP contribution in [-0.2, 0) is 17.6 Å². The Hall–Kier alpha value is -5.26. The number of aryl methyl sites for hydroxylation is 2. The van der Waals surface area contributed by atoms with Crippen LogP contribution in [0.3, 0.4) is 0 Å². The maximum atomic E-state index is 13.5. The van der Waals surface area contributed by atoms with Crippen molar-refractivity contribution in [3.05, 3.63) is 68.5 Å². The zero-order chi connectivity index (χ0) is 28.2. The molecule has 0 atom stereocenters. The maximum Gasteiger partial charge on any atom is 0.350 e. The molecule has 12 nitrogen and oxygen atoms in total. The highest BCUT2D eigenvalue weighted by Gasteiger charge is 2.40. The minimum absolute atomic E-state index is 0.0234. The number of carbonyl (C=O) groups is 3. The van der Waals surface area contributed by atoms with Crippen LogP contribution < -0.4 is 19.8 Å². The number of rotatable bonds is 6. The Morgan fingerprint density at radius 3 is 2.18 bits per heavy atom. The molecule has 2 aromatic heterocycles. The number of carbonyl (C=O) groups excluding carboxylic acids is 3. The Balaban J connectivity index is 1.54. The molecule has 0 unspecified atom stereocenters. The molecule has 0 fully saturated rings. The summed E-state index contributed by atoms with van der Waals surface area (Å²) in [5, 5.41) is 31.4. The van der Waals surface area contributed by atoms with Crippen molar-refractivity contribution in [1.82, 2.24) is 0 Å². The molecule has 0 saturated carbocycles. The monoisotopic (exact) mass is 536 g/mol. The van der Waals surface area contributed by atoms with Crippen molar-refractivity contribution in [3.63, 3.8) is 0 Å². The predicted octanol–water partition coefficient (Wildman–Crippen LogP) is 3.01. The van der Waals surface area contributed by atoms with Crippen LogP contribution in [-0.4, -0.2) is 47.1 Å². The lowest BCUT2D eigenvalue weighted by atomic mass is 9.84. The number of furan rings is 1. The molecule has 5 rings (SSSR count). The number of ether oxygens (including phenoxy) is 3. The van der Waals surface area contributed by atoms with Gasteiger partial charge in [-0.25, -0.2) is 4.79 Å². The van der Waals surface area contributed by atoms with Gasteiger partial charge < -0.3 is 38.4 Å². The van der Waals surface area contributed by atoms with Crippen molar-refractivity contribution >= 4 is 28.3 Å². The van der Waals surface area contributed by atoms with Crippen LogP contribution in [0.2, 0.25) is 0 Å². The number of phenols is 3. The molecular formula is C27H20O12. The number of hydrogen-bond donors (Lipinski definition) is 3. The van der Waals surface area contributed by atoms with Crippen molar-refractivity contribution in [1.29, 1.82) is 0 Å². The molecule has 0 aliphatic heterocycles. The summed E-state index contributed by atoms with van der Waals surface area (Å²) in [5.41, 5.74) is -1.000. The minimum Gasteiger partial charge on any atom is -0.504 e. The number of methoxy groups -OCH3 is 2. The van der Waals surface area contributed by atoms with Gasteiger partial charge in [0.1, 0.15) is 11.1 Å². The third-order valence-corrected chi connectivity index (χ3v) is 6.39. The van der Waals surface area contributed by atoms with Crippen LogP contribution in [0.5, 0.6) is 34.7 Å². The zero-order valence-corrected chi connectivity index (χ0v) is 20.7. The van der Waals surface area contributed by atoms with Gasteiger partial charge in [-0.1, -0.05) is 0 Å². The Bertz CT molecular complexity index is 1770. The van der Waals surface area contributed by atoms with Gasteiger partial charge in [0, 0.05) is 30.0 Å². The number of benzene rings is 2. The quantitative estimate of drug-likeness (QED) is 0.213. The van der Waals surface area contributed by atoms with E-state index >= 15 is 0 Å². The summed E-state index contributed by atoms with van der Waals surface area (Å²) in [4.78, 5) is 50.3. The van der Waals surface area contributed by atoms with Gasteiger partial charge in [0.25, 0.3) is 5.95 Å². The molecule has 0 saturated heterocycles. The Morgan fingerprint density at radius 2 is 1.51 bits per heavy atom. The molecule has 1 aliphatic carbocycles. The normalized spacial score (nSPS) is 12.3. The molecular weight excluding hydrogens is 516 g/mol. The average Bonchev–Trinajstić information content (AvgIpc) is 3.32. The molecule has 200 valence electrons. The number of hydrogen-bond acceptors (Lipinski definition) is 12. The summed E-state index contributed by atoms with van der Waals surface area (Å²) < 4.78 is 25.5. The summed E-state index contributed by atoms with van der Waals surface area (Å²) in [6.45, 7) is 1.12. The molecule has 4 aromatic rings. The number of aromatic hydroxyl groups is 3. The lowest BCUT2D eigenvalue weighted by Gasteiger charge is -2.20. The van der Waals surface area contributed by atoms with Crippen molar-refractivity contribution in [2.45, 2.75) is 19.8 Å². The molecule has 1 aliphatic rings. The Morgan fingerprint density at radius 1 is 0.821 bits per heavy atom. The first-order valence-corrected chi connectivity index (χ1v) is 11.4. The van der Waals surface area contributed by atoms with Gasteiger partial charge in [0.05, 0.1) is 37.2 Å². The van der Waals surface area contributed by atoms with Crippen LogP contribution in [0, 0.1) is 0 Å². The molecule has 2 heterocycles. The number of fused-ring (bicyclic) bond motifs is 3. The van der Waals surface area contributed by atoms with E-state index in [0.717, 1.165) is 6.92 Å². The van der Waals surface area contributed by atoms with Crippen LogP contribution in [0.4, 0.5) is 0 Å². The van der Waals surface area contributed by atoms with Gasteiger partial charge in [0.2, 0.25) is 11.6 Å². The number of ketones is 2. The molecule has 0 bridgehead atoms. The summed E-state index contributed by atoms with van der Waals surface area (Å²) in [5.74, 6) is -4.62. The highest BCUT2D eigenvalue weighted by Crippen LogP contribution is 2.45. The molecule has 3 N–H and O–H groups in total. The minimum atomic E-state index is -1.02. The van der Waals surface area contributed by atoms with Crippen LogP contribution >= 0.6 is 0 Å². The average molecular weight is 536 g/mol. The van der Waals surface area contributed by atoms with Gasteiger partial charge in [-0.2, -0.15) is 0 Å².